The molecule has 0 aromatic carbocycles. The van der Waals surface area contributed by atoms with Crippen LogP contribution in [0.5, 0.6) is 0 Å². The van der Waals surface area contributed by atoms with Crippen molar-refractivity contribution in [1.82, 2.24) is 4.90 Å². The zero-order valence-electron chi connectivity index (χ0n) is 14.0. The third-order valence-electron chi connectivity index (χ3n) is 1.66. The Balaban J connectivity index is -0.0000000166. The quantitative estimate of drug-likeness (QED) is 0.284. The average Bonchev–Trinajstić information content (AvgIpc) is 2.39. The minimum Gasteiger partial charge on any atom is -0.460 e. The molecule has 0 N–H and O–H groups in total. The summed E-state index contributed by atoms with van der Waals surface area (Å²) in [5, 5.41) is 0. The first-order valence-electron chi connectivity index (χ1n) is 6.93. The van der Waals surface area contributed by atoms with Crippen molar-refractivity contribution >= 4 is 0 Å². The Labute approximate surface area is 197 Å². The zero-order valence-corrected chi connectivity index (χ0v) is 16.9. The van der Waals surface area contributed by atoms with Crippen LogP contribution in [0, 0.1) is 20.9 Å². The standard InChI is InChI=1S/C6H14NO.C5H11O.C4H9O.6CH4.Y/c1-4-8-6-5-7(2)3;1-3-5-6-4-2;1-3-5-4-2;;;;;;;/h2,4-6H2,1,3H3;1,3-5H2,2H3;1,3-4H2,2H3;6*1H4;/q3*-1;;;;;;;+3. The molecule has 0 aromatic rings. The van der Waals surface area contributed by atoms with E-state index in [4.69, 9.17) is 14.2 Å². The van der Waals surface area contributed by atoms with Crippen LogP contribution in [-0.2, 0) is 46.9 Å². The Bertz CT molecular complexity index is 124. The summed E-state index contributed by atoms with van der Waals surface area (Å²) >= 11 is 0. The first-order chi connectivity index (χ1) is 9.10. The van der Waals surface area contributed by atoms with Crippen molar-refractivity contribution in [1.29, 1.82) is 0 Å². The molecule has 4 nitrogen and oxygen atoms in total. The molecule has 0 amide bonds. The van der Waals surface area contributed by atoms with E-state index >= 15 is 0 Å². The summed E-state index contributed by atoms with van der Waals surface area (Å²) in [6.45, 7) is 18.5. The second kappa shape index (κ2) is 72.3. The fourth-order valence-corrected chi connectivity index (χ4v) is 0.755. The molecule has 0 spiro atoms. The van der Waals surface area contributed by atoms with Gasteiger partial charge in [-0.1, -0.05) is 51.2 Å². The minimum absolute atomic E-state index is 0. The predicted molar refractivity (Wildman–Crippen MR) is 123 cm³/mol. The van der Waals surface area contributed by atoms with Crippen LogP contribution in [0.2, 0.25) is 0 Å². The molecule has 5 heteroatoms. The fourth-order valence-electron chi connectivity index (χ4n) is 0.755. The zero-order chi connectivity index (χ0) is 15.4. The SMILES string of the molecule is C.C.C.C.C.C.[CH2-]CCOCC.[CH2-]COCC.[CH2-]N(C)CCOCC.[Y+3]. The van der Waals surface area contributed by atoms with Gasteiger partial charge in [-0.15, -0.1) is 0 Å². The fraction of sp³-hybridized carbons (Fsp3) is 0.857. The van der Waals surface area contributed by atoms with Crippen molar-refractivity contribution in [2.75, 3.05) is 53.2 Å². The van der Waals surface area contributed by atoms with Crippen LogP contribution in [0.1, 0.15) is 71.8 Å². The Morgan fingerprint density at radius 2 is 1.04 bits per heavy atom. The number of likely N-dealkylation sites (N-methyl/N-ethyl adjacent to an activating group) is 1. The number of hydrogen-bond donors (Lipinski definition) is 0. The molecule has 0 heterocycles. The number of hydrogen-bond acceptors (Lipinski definition) is 4. The minimum atomic E-state index is 0. The Morgan fingerprint density at radius 3 is 1.19 bits per heavy atom. The van der Waals surface area contributed by atoms with Gasteiger partial charge in [0.2, 0.25) is 0 Å². The first-order valence-corrected chi connectivity index (χ1v) is 6.93. The van der Waals surface area contributed by atoms with Crippen LogP contribution in [0.25, 0.3) is 0 Å². The molecule has 0 saturated heterocycles. The molecular formula is C21H58NO3Y. The van der Waals surface area contributed by atoms with Crippen molar-refractivity contribution in [2.24, 2.45) is 0 Å². The van der Waals surface area contributed by atoms with E-state index in [2.05, 4.69) is 20.9 Å². The molecule has 0 aliphatic heterocycles. The Hall–Kier alpha value is 0.944. The van der Waals surface area contributed by atoms with Crippen LogP contribution in [0.15, 0.2) is 0 Å². The number of nitrogens with zero attached hydrogens (tertiary/aromatic N) is 1. The summed E-state index contributed by atoms with van der Waals surface area (Å²) in [5.41, 5.74) is 0. The van der Waals surface area contributed by atoms with Crippen molar-refractivity contribution in [2.45, 2.75) is 71.8 Å². The van der Waals surface area contributed by atoms with Gasteiger partial charge >= 0.3 is 32.7 Å². The Morgan fingerprint density at radius 1 is 0.692 bits per heavy atom. The molecule has 26 heavy (non-hydrogen) atoms. The second-order valence-corrected chi connectivity index (χ2v) is 3.52. The van der Waals surface area contributed by atoms with Gasteiger partial charge in [-0.05, 0) is 34.4 Å². The maximum atomic E-state index is 5.06. The maximum Gasteiger partial charge on any atom is 3.00 e. The second-order valence-electron chi connectivity index (χ2n) is 3.52. The normalized spacial score (nSPS) is 6.92. The van der Waals surface area contributed by atoms with Gasteiger partial charge in [-0.2, -0.15) is 6.42 Å². The summed E-state index contributed by atoms with van der Waals surface area (Å²) in [4.78, 5) is 1.86. The van der Waals surface area contributed by atoms with Gasteiger partial charge in [0, 0.05) is 26.4 Å². The van der Waals surface area contributed by atoms with E-state index in [1.165, 1.54) is 0 Å². The summed E-state index contributed by atoms with van der Waals surface area (Å²) in [7, 11) is 5.59. The van der Waals surface area contributed by atoms with Gasteiger partial charge in [0.15, 0.2) is 0 Å². The molecule has 0 saturated carbocycles. The molecule has 0 aliphatic carbocycles. The van der Waals surface area contributed by atoms with E-state index in [1.54, 1.807) is 0 Å². The molecular weight excluding hydrogens is 403 g/mol. The van der Waals surface area contributed by atoms with Crippen molar-refractivity contribution in [3.63, 3.8) is 0 Å². The summed E-state index contributed by atoms with van der Waals surface area (Å²) in [6, 6.07) is 0. The van der Waals surface area contributed by atoms with Crippen LogP contribution < -0.4 is 0 Å². The van der Waals surface area contributed by atoms with E-state index < -0.39 is 0 Å². The molecule has 0 aromatic heterocycles. The average molecular weight is 462 g/mol. The summed E-state index contributed by atoms with van der Waals surface area (Å²) < 4.78 is 14.7. The molecule has 0 aliphatic rings. The van der Waals surface area contributed by atoms with E-state index in [0.29, 0.717) is 6.61 Å². The van der Waals surface area contributed by atoms with Crippen molar-refractivity contribution in [3.8, 4) is 0 Å². The molecule has 0 atom stereocenters. The molecule has 0 fully saturated rings. The first kappa shape index (κ1) is 63.2. The van der Waals surface area contributed by atoms with Crippen molar-refractivity contribution < 1.29 is 46.9 Å². The van der Waals surface area contributed by atoms with Gasteiger partial charge in [0.1, 0.15) is 0 Å². The van der Waals surface area contributed by atoms with E-state index in [0.717, 1.165) is 46.0 Å². The Kier molecular flexibility index (Phi) is 176. The predicted octanol–water partition coefficient (Wildman–Crippen LogP) is 6.66. The van der Waals surface area contributed by atoms with Gasteiger partial charge in [0.25, 0.3) is 0 Å². The summed E-state index contributed by atoms with van der Waals surface area (Å²) in [5.74, 6) is 0. The number of ether oxygens (including phenoxy) is 3. The van der Waals surface area contributed by atoms with Crippen LogP contribution in [0.4, 0.5) is 0 Å². The molecule has 0 unspecified atom stereocenters. The molecule has 0 bridgehead atoms. The molecule has 0 radical (unpaired) electrons. The van der Waals surface area contributed by atoms with Gasteiger partial charge in [-0.25, -0.2) is 0 Å². The molecule has 0 rings (SSSR count). The monoisotopic (exact) mass is 461 g/mol. The van der Waals surface area contributed by atoms with Gasteiger partial charge in [-0.3, -0.25) is 7.05 Å². The number of rotatable bonds is 9. The maximum absolute atomic E-state index is 5.06. The van der Waals surface area contributed by atoms with E-state index in [-0.39, 0.29) is 77.3 Å². The van der Waals surface area contributed by atoms with Crippen LogP contribution in [-0.4, -0.2) is 58.1 Å². The third-order valence-corrected chi connectivity index (χ3v) is 1.66. The summed E-state index contributed by atoms with van der Waals surface area (Å²) in [6.07, 6.45) is 0.883. The molecule has 168 valence electrons. The van der Waals surface area contributed by atoms with Crippen molar-refractivity contribution in [3.05, 3.63) is 20.9 Å². The third kappa shape index (κ3) is 119. The van der Waals surface area contributed by atoms with Gasteiger partial charge < -0.3 is 33.0 Å². The largest absolute Gasteiger partial charge is 3.00 e. The topological polar surface area (TPSA) is 30.9 Å². The van der Waals surface area contributed by atoms with Crippen LogP contribution >= 0.6 is 0 Å². The smallest absolute Gasteiger partial charge is 0.460 e. The van der Waals surface area contributed by atoms with Crippen LogP contribution in [0.3, 0.4) is 0 Å². The van der Waals surface area contributed by atoms with E-state index in [9.17, 15) is 0 Å². The van der Waals surface area contributed by atoms with E-state index in [1.807, 2.05) is 32.7 Å². The van der Waals surface area contributed by atoms with Gasteiger partial charge in [0.05, 0.1) is 6.61 Å².